The van der Waals surface area contributed by atoms with Gasteiger partial charge >= 0.3 is 0 Å². The molecule has 0 heterocycles. The van der Waals surface area contributed by atoms with Gasteiger partial charge in [-0.1, -0.05) is 6.07 Å². The number of hydrogen-bond donors (Lipinski definition) is 2. The summed E-state index contributed by atoms with van der Waals surface area (Å²) in [5, 5.41) is 2.90. The highest BCUT2D eigenvalue weighted by atomic mass is 16.5. The van der Waals surface area contributed by atoms with Crippen molar-refractivity contribution in [3.8, 4) is 5.75 Å². The van der Waals surface area contributed by atoms with E-state index in [1.807, 2.05) is 26.0 Å². The summed E-state index contributed by atoms with van der Waals surface area (Å²) in [7, 11) is 1.66. The van der Waals surface area contributed by atoms with E-state index in [1.165, 1.54) is 0 Å². The number of ether oxygens (including phenoxy) is 1. The second-order valence-corrected chi connectivity index (χ2v) is 5.09. The highest BCUT2D eigenvalue weighted by Gasteiger charge is 2.45. The van der Waals surface area contributed by atoms with Gasteiger partial charge in [-0.25, -0.2) is 0 Å². The molecule has 98 valence electrons. The van der Waals surface area contributed by atoms with Crippen LogP contribution in [-0.4, -0.2) is 18.6 Å². The predicted octanol–water partition coefficient (Wildman–Crippen LogP) is 1.42. The van der Waals surface area contributed by atoms with Crippen molar-refractivity contribution < 1.29 is 9.53 Å². The van der Waals surface area contributed by atoms with Crippen molar-refractivity contribution in [1.82, 2.24) is 5.32 Å². The van der Waals surface area contributed by atoms with Crippen LogP contribution >= 0.6 is 0 Å². The number of carbonyl (C=O) groups excluding carboxylic acids is 1. The van der Waals surface area contributed by atoms with Crippen molar-refractivity contribution in [2.24, 2.45) is 5.73 Å². The highest BCUT2D eigenvalue weighted by Crippen LogP contribution is 2.32. The first kappa shape index (κ1) is 12.9. The van der Waals surface area contributed by atoms with E-state index >= 15 is 0 Å². The van der Waals surface area contributed by atoms with E-state index in [1.54, 1.807) is 7.11 Å². The minimum absolute atomic E-state index is 0.0460. The van der Waals surface area contributed by atoms with Crippen molar-refractivity contribution >= 4 is 5.91 Å². The molecule has 18 heavy (non-hydrogen) atoms. The molecule has 1 amide bonds. The van der Waals surface area contributed by atoms with Gasteiger partial charge in [-0.2, -0.15) is 0 Å². The maximum Gasteiger partial charge on any atom is 0.240 e. The van der Waals surface area contributed by atoms with Crippen LogP contribution < -0.4 is 15.8 Å². The van der Waals surface area contributed by atoms with E-state index in [4.69, 9.17) is 10.5 Å². The summed E-state index contributed by atoms with van der Waals surface area (Å²) < 4.78 is 5.26. The van der Waals surface area contributed by atoms with Gasteiger partial charge in [0.05, 0.1) is 12.6 Å². The molecule has 2 rings (SSSR count). The van der Waals surface area contributed by atoms with Crippen LogP contribution in [0.5, 0.6) is 5.75 Å². The van der Waals surface area contributed by atoms with Crippen molar-refractivity contribution in [3.05, 3.63) is 28.8 Å². The molecule has 0 unspecified atom stereocenters. The first-order chi connectivity index (χ1) is 8.46. The summed E-state index contributed by atoms with van der Waals surface area (Å²) in [6, 6.07) is 4.04. The first-order valence-electron chi connectivity index (χ1n) is 6.17. The lowest BCUT2D eigenvalue weighted by Crippen LogP contribution is -2.42. The fourth-order valence-corrected chi connectivity index (χ4v) is 1.97. The lowest BCUT2D eigenvalue weighted by Gasteiger charge is -2.14. The van der Waals surface area contributed by atoms with Crippen LogP contribution in [0.3, 0.4) is 0 Å². The van der Waals surface area contributed by atoms with E-state index < -0.39 is 5.54 Å². The Balaban J connectivity index is 2.05. The SMILES string of the molecule is COc1cc(C)c(CNC(=O)C2(N)CC2)cc1C. The van der Waals surface area contributed by atoms with Gasteiger partial charge in [-0.15, -0.1) is 0 Å². The summed E-state index contributed by atoms with van der Waals surface area (Å²) in [4.78, 5) is 11.8. The van der Waals surface area contributed by atoms with Crippen molar-refractivity contribution in [2.75, 3.05) is 7.11 Å². The fraction of sp³-hybridized carbons (Fsp3) is 0.500. The van der Waals surface area contributed by atoms with Gasteiger partial charge in [-0.05, 0) is 49.4 Å². The Bertz CT molecular complexity index is 479. The molecule has 4 heteroatoms. The van der Waals surface area contributed by atoms with Crippen LogP contribution in [0.2, 0.25) is 0 Å². The molecule has 0 atom stereocenters. The van der Waals surface area contributed by atoms with Gasteiger partial charge in [0.2, 0.25) is 5.91 Å². The third-order valence-electron chi connectivity index (χ3n) is 3.53. The van der Waals surface area contributed by atoms with Crippen LogP contribution in [0.25, 0.3) is 0 Å². The molecule has 1 aromatic carbocycles. The minimum Gasteiger partial charge on any atom is -0.496 e. The lowest BCUT2D eigenvalue weighted by molar-refractivity contribution is -0.123. The largest absolute Gasteiger partial charge is 0.496 e. The summed E-state index contributed by atoms with van der Waals surface area (Å²) in [6.45, 7) is 4.53. The molecule has 0 bridgehead atoms. The lowest BCUT2D eigenvalue weighted by atomic mass is 10.0. The average Bonchev–Trinajstić information content (AvgIpc) is 3.08. The number of nitrogens with one attached hydrogen (secondary N) is 1. The molecule has 0 saturated heterocycles. The summed E-state index contributed by atoms with van der Waals surface area (Å²) >= 11 is 0. The van der Waals surface area contributed by atoms with Gasteiger partial charge in [0.25, 0.3) is 0 Å². The van der Waals surface area contributed by atoms with Crippen LogP contribution in [0.15, 0.2) is 12.1 Å². The smallest absolute Gasteiger partial charge is 0.240 e. The Labute approximate surface area is 108 Å². The van der Waals surface area contributed by atoms with E-state index in [-0.39, 0.29) is 5.91 Å². The second-order valence-electron chi connectivity index (χ2n) is 5.09. The van der Waals surface area contributed by atoms with Crippen LogP contribution in [-0.2, 0) is 11.3 Å². The summed E-state index contributed by atoms with van der Waals surface area (Å²) in [5.74, 6) is 0.829. The first-order valence-corrected chi connectivity index (χ1v) is 6.17. The number of aryl methyl sites for hydroxylation is 2. The molecule has 3 N–H and O–H groups in total. The van der Waals surface area contributed by atoms with Gasteiger partial charge in [0, 0.05) is 6.54 Å². The van der Waals surface area contributed by atoms with Crippen LogP contribution in [0, 0.1) is 13.8 Å². The zero-order valence-electron chi connectivity index (χ0n) is 11.2. The number of carbonyl (C=O) groups is 1. The molecule has 1 fully saturated rings. The Kier molecular flexibility index (Phi) is 3.30. The summed E-state index contributed by atoms with van der Waals surface area (Å²) in [6.07, 6.45) is 1.58. The maximum atomic E-state index is 11.8. The third kappa shape index (κ3) is 2.48. The van der Waals surface area contributed by atoms with Crippen molar-refractivity contribution in [1.29, 1.82) is 0 Å². The number of hydrogen-bond acceptors (Lipinski definition) is 3. The predicted molar refractivity (Wildman–Crippen MR) is 70.5 cm³/mol. The van der Waals surface area contributed by atoms with Crippen molar-refractivity contribution in [3.63, 3.8) is 0 Å². The quantitative estimate of drug-likeness (QED) is 0.847. The van der Waals surface area contributed by atoms with Gasteiger partial charge < -0.3 is 15.8 Å². The van der Waals surface area contributed by atoms with Crippen LogP contribution in [0.1, 0.15) is 29.5 Å². The zero-order chi connectivity index (χ0) is 13.3. The van der Waals surface area contributed by atoms with E-state index in [9.17, 15) is 4.79 Å². The number of amides is 1. The topological polar surface area (TPSA) is 64.3 Å². The highest BCUT2D eigenvalue weighted by molar-refractivity contribution is 5.88. The molecular weight excluding hydrogens is 228 g/mol. The van der Waals surface area contributed by atoms with Gasteiger partial charge in [-0.3, -0.25) is 4.79 Å². The van der Waals surface area contributed by atoms with Gasteiger partial charge in [0.15, 0.2) is 0 Å². The molecular formula is C14H20N2O2. The minimum atomic E-state index is -0.602. The Morgan fingerprint density at radius 1 is 1.39 bits per heavy atom. The molecule has 0 aliphatic heterocycles. The summed E-state index contributed by atoms with van der Waals surface area (Å²) in [5.41, 5.74) is 8.52. The van der Waals surface area contributed by atoms with Gasteiger partial charge in [0.1, 0.15) is 5.75 Å². The Hall–Kier alpha value is -1.55. The molecule has 0 spiro atoms. The van der Waals surface area contributed by atoms with Crippen molar-refractivity contribution in [2.45, 2.75) is 38.8 Å². The molecule has 4 nitrogen and oxygen atoms in total. The zero-order valence-corrected chi connectivity index (χ0v) is 11.2. The van der Waals surface area contributed by atoms with E-state index in [2.05, 4.69) is 5.32 Å². The standard InChI is InChI=1S/C14H20N2O2/c1-9-7-12(18-3)10(2)6-11(9)8-16-13(17)14(15)4-5-14/h6-7H,4-5,8,15H2,1-3H3,(H,16,17). The molecule has 1 saturated carbocycles. The average molecular weight is 248 g/mol. The number of benzene rings is 1. The third-order valence-corrected chi connectivity index (χ3v) is 3.53. The van der Waals surface area contributed by atoms with E-state index in [0.29, 0.717) is 6.54 Å². The number of methoxy groups -OCH3 is 1. The molecule has 1 aliphatic rings. The normalized spacial score (nSPS) is 16.2. The fourth-order valence-electron chi connectivity index (χ4n) is 1.97. The molecule has 1 aliphatic carbocycles. The molecule has 0 aromatic heterocycles. The number of nitrogens with two attached hydrogens (primary N) is 1. The number of rotatable bonds is 4. The maximum absolute atomic E-state index is 11.8. The Morgan fingerprint density at radius 2 is 2.06 bits per heavy atom. The van der Waals surface area contributed by atoms with E-state index in [0.717, 1.165) is 35.3 Å². The second kappa shape index (κ2) is 4.61. The molecule has 0 radical (unpaired) electrons. The molecule has 1 aromatic rings. The van der Waals surface area contributed by atoms with Crippen LogP contribution in [0.4, 0.5) is 0 Å². The Morgan fingerprint density at radius 3 is 2.61 bits per heavy atom. The monoisotopic (exact) mass is 248 g/mol.